The molecule has 0 aromatic carbocycles. The minimum Gasteiger partial charge on any atom is -0.357 e. The highest BCUT2D eigenvalue weighted by atomic mass is 127. The molecule has 0 saturated heterocycles. The first-order chi connectivity index (χ1) is 9.88. The van der Waals surface area contributed by atoms with E-state index in [2.05, 4.69) is 45.0 Å². The predicted octanol–water partition coefficient (Wildman–Crippen LogP) is 2.36. The first kappa shape index (κ1) is 18.0. The number of thiophene rings is 1. The fourth-order valence-corrected chi connectivity index (χ4v) is 2.50. The van der Waals surface area contributed by atoms with E-state index in [0.717, 1.165) is 38.6 Å². The fourth-order valence-electron chi connectivity index (χ4n) is 1.80. The molecule has 0 aliphatic carbocycles. The number of hydrogen-bond donors (Lipinski definition) is 2. The van der Waals surface area contributed by atoms with Gasteiger partial charge in [-0.3, -0.25) is 4.99 Å². The van der Waals surface area contributed by atoms with Gasteiger partial charge in [0.1, 0.15) is 0 Å². The van der Waals surface area contributed by atoms with Gasteiger partial charge in [0.05, 0.1) is 6.33 Å². The van der Waals surface area contributed by atoms with E-state index in [0.29, 0.717) is 0 Å². The quantitative estimate of drug-likeness (QED) is 0.412. The summed E-state index contributed by atoms with van der Waals surface area (Å²) in [5, 5.41) is 8.70. The highest BCUT2D eigenvalue weighted by Gasteiger charge is 1.98. The number of aliphatic imine (C=N–C) groups is 1. The summed E-state index contributed by atoms with van der Waals surface area (Å²) in [5.74, 6) is 0.879. The van der Waals surface area contributed by atoms with Crippen LogP contribution < -0.4 is 10.6 Å². The molecule has 0 bridgehead atoms. The molecule has 7 heteroatoms. The van der Waals surface area contributed by atoms with Crippen molar-refractivity contribution in [2.45, 2.75) is 19.9 Å². The maximum absolute atomic E-state index is 4.58. The molecule has 5 nitrogen and oxygen atoms in total. The van der Waals surface area contributed by atoms with Crippen LogP contribution in [0.15, 0.2) is 41.2 Å². The largest absolute Gasteiger partial charge is 0.357 e. The molecular formula is C14H22IN5S. The third-order valence-electron chi connectivity index (χ3n) is 2.77. The van der Waals surface area contributed by atoms with Crippen molar-refractivity contribution in [3.63, 3.8) is 0 Å². The van der Waals surface area contributed by atoms with E-state index in [-0.39, 0.29) is 24.0 Å². The van der Waals surface area contributed by atoms with Gasteiger partial charge in [0, 0.05) is 49.9 Å². The average Bonchev–Trinajstić information content (AvgIpc) is 3.11. The average molecular weight is 419 g/mol. The first-order valence-electron chi connectivity index (χ1n) is 6.89. The van der Waals surface area contributed by atoms with E-state index >= 15 is 0 Å². The molecule has 0 atom stereocenters. The van der Waals surface area contributed by atoms with E-state index in [9.17, 15) is 0 Å². The molecule has 2 aromatic rings. The van der Waals surface area contributed by atoms with Gasteiger partial charge < -0.3 is 15.2 Å². The van der Waals surface area contributed by atoms with Gasteiger partial charge in [-0.25, -0.2) is 4.98 Å². The van der Waals surface area contributed by atoms with Crippen LogP contribution in [0, 0.1) is 0 Å². The second-order valence-corrected chi connectivity index (χ2v) is 5.35. The second-order valence-electron chi connectivity index (χ2n) is 4.32. The molecule has 0 aliphatic rings. The number of nitrogens with zero attached hydrogens (tertiary/aromatic N) is 3. The van der Waals surface area contributed by atoms with Gasteiger partial charge in [-0.2, -0.15) is 0 Å². The zero-order valence-electron chi connectivity index (χ0n) is 12.2. The molecule has 2 N–H and O–H groups in total. The van der Waals surface area contributed by atoms with Gasteiger partial charge in [0.25, 0.3) is 0 Å². The van der Waals surface area contributed by atoms with Gasteiger partial charge in [-0.1, -0.05) is 6.07 Å². The summed E-state index contributed by atoms with van der Waals surface area (Å²) >= 11 is 1.78. The lowest BCUT2D eigenvalue weighted by atomic mass is 10.3. The maximum atomic E-state index is 4.58. The number of guanidine groups is 1. The maximum Gasteiger partial charge on any atom is 0.191 e. The van der Waals surface area contributed by atoms with Crippen LogP contribution in [-0.2, 0) is 13.0 Å². The van der Waals surface area contributed by atoms with Crippen molar-refractivity contribution >= 4 is 41.3 Å². The van der Waals surface area contributed by atoms with Gasteiger partial charge in [-0.05, 0) is 18.4 Å². The Morgan fingerprint density at radius 2 is 2.33 bits per heavy atom. The Labute approximate surface area is 146 Å². The summed E-state index contributed by atoms with van der Waals surface area (Å²) in [6, 6.07) is 4.23. The molecule has 0 radical (unpaired) electrons. The first-order valence-corrected chi connectivity index (χ1v) is 7.76. The number of nitrogens with one attached hydrogen (secondary N) is 2. The second kappa shape index (κ2) is 10.6. The summed E-state index contributed by atoms with van der Waals surface area (Å²) in [5.41, 5.74) is 0. The van der Waals surface area contributed by atoms with Crippen molar-refractivity contribution in [2.24, 2.45) is 4.99 Å². The zero-order chi connectivity index (χ0) is 14.0. The van der Waals surface area contributed by atoms with Crippen molar-refractivity contribution in [3.05, 3.63) is 41.1 Å². The van der Waals surface area contributed by atoms with Crippen molar-refractivity contribution in [3.8, 4) is 0 Å². The summed E-state index contributed by atoms with van der Waals surface area (Å²) in [6.45, 7) is 5.47. The molecule has 0 aliphatic heterocycles. The Balaban J connectivity index is 0.00000220. The topological polar surface area (TPSA) is 54.2 Å². The third-order valence-corrected chi connectivity index (χ3v) is 3.71. The normalized spacial score (nSPS) is 11.0. The van der Waals surface area contributed by atoms with Crippen LogP contribution in [-0.4, -0.2) is 35.1 Å². The highest BCUT2D eigenvalue weighted by Crippen LogP contribution is 2.08. The molecule has 0 fully saturated rings. The van der Waals surface area contributed by atoms with Crippen LogP contribution in [0.25, 0.3) is 0 Å². The van der Waals surface area contributed by atoms with Crippen molar-refractivity contribution in [1.29, 1.82) is 0 Å². The summed E-state index contributed by atoms with van der Waals surface area (Å²) < 4.78 is 2.04. The lowest BCUT2D eigenvalue weighted by Gasteiger charge is -2.11. The van der Waals surface area contributed by atoms with Gasteiger partial charge in [-0.15, -0.1) is 35.3 Å². The molecule has 2 aromatic heterocycles. The van der Waals surface area contributed by atoms with E-state index in [1.165, 1.54) is 4.88 Å². The summed E-state index contributed by atoms with van der Waals surface area (Å²) in [6.07, 6.45) is 6.57. The number of rotatable bonds is 7. The number of aromatic nitrogens is 2. The third kappa shape index (κ3) is 6.94. The lowest BCUT2D eigenvalue weighted by molar-refractivity contribution is 0.662. The van der Waals surface area contributed by atoms with Crippen LogP contribution in [0.4, 0.5) is 0 Å². The Kier molecular flexibility index (Phi) is 9.07. The minimum absolute atomic E-state index is 0. The Morgan fingerprint density at radius 3 is 3.00 bits per heavy atom. The molecule has 116 valence electrons. The number of imidazole rings is 1. The predicted molar refractivity (Wildman–Crippen MR) is 99.6 cm³/mol. The van der Waals surface area contributed by atoms with Crippen LogP contribution in [0.2, 0.25) is 0 Å². The van der Waals surface area contributed by atoms with Crippen molar-refractivity contribution in [1.82, 2.24) is 20.2 Å². The Bertz CT molecular complexity index is 495. The van der Waals surface area contributed by atoms with E-state index < -0.39 is 0 Å². The van der Waals surface area contributed by atoms with Crippen molar-refractivity contribution < 1.29 is 0 Å². The Morgan fingerprint density at radius 1 is 1.43 bits per heavy atom. The van der Waals surface area contributed by atoms with Gasteiger partial charge >= 0.3 is 0 Å². The zero-order valence-corrected chi connectivity index (χ0v) is 15.3. The molecule has 0 saturated carbocycles. The van der Waals surface area contributed by atoms with E-state index in [1.807, 2.05) is 17.1 Å². The smallest absolute Gasteiger partial charge is 0.191 e. The minimum atomic E-state index is 0. The van der Waals surface area contributed by atoms with E-state index in [1.54, 1.807) is 17.5 Å². The molecule has 21 heavy (non-hydrogen) atoms. The van der Waals surface area contributed by atoms with Gasteiger partial charge in [0.15, 0.2) is 5.96 Å². The van der Waals surface area contributed by atoms with Crippen LogP contribution in [0.3, 0.4) is 0 Å². The molecule has 0 spiro atoms. The number of hydrogen-bond acceptors (Lipinski definition) is 3. The highest BCUT2D eigenvalue weighted by molar-refractivity contribution is 14.0. The van der Waals surface area contributed by atoms with E-state index in [4.69, 9.17) is 0 Å². The monoisotopic (exact) mass is 419 g/mol. The fraction of sp³-hybridized carbons (Fsp3) is 0.429. The summed E-state index contributed by atoms with van der Waals surface area (Å²) in [7, 11) is 0. The van der Waals surface area contributed by atoms with Gasteiger partial charge in [0.2, 0.25) is 0 Å². The lowest BCUT2D eigenvalue weighted by Crippen LogP contribution is -2.39. The van der Waals surface area contributed by atoms with Crippen molar-refractivity contribution in [2.75, 3.05) is 19.6 Å². The SMILES string of the molecule is CCNC(=NCCc1cccs1)NCCn1ccnc1.I. The molecular weight excluding hydrogens is 397 g/mol. The molecule has 0 amide bonds. The van der Waals surface area contributed by atoms with Crippen LogP contribution in [0.5, 0.6) is 0 Å². The van der Waals surface area contributed by atoms with Crippen LogP contribution >= 0.6 is 35.3 Å². The summed E-state index contributed by atoms with van der Waals surface area (Å²) in [4.78, 5) is 9.99. The molecule has 2 heterocycles. The standard InChI is InChI=1S/C14H21N5S.HI/c1-2-16-14(17-6-5-13-4-3-11-20-13)18-8-10-19-9-7-15-12-19;/h3-4,7,9,11-12H,2,5-6,8,10H2,1H3,(H2,16,17,18);1H. The molecule has 2 rings (SSSR count). The Hall–Kier alpha value is -1.09. The van der Waals surface area contributed by atoms with Crippen LogP contribution in [0.1, 0.15) is 11.8 Å². The number of halogens is 1. The molecule has 0 unspecified atom stereocenters.